The van der Waals surface area contributed by atoms with Crippen LogP contribution in [0.4, 0.5) is 0 Å². The van der Waals surface area contributed by atoms with Gasteiger partial charge in [-0.2, -0.15) is 12.8 Å². The normalized spacial score (nSPS) is 20.3. The number of nitrogens with zero attached hydrogens (tertiary/aromatic N) is 2. The number of piperidine rings is 1. The van der Waals surface area contributed by atoms with Crippen molar-refractivity contribution in [1.82, 2.24) is 4.90 Å². The Balaban J connectivity index is 2.13. The molecule has 2 rings (SSSR count). The number of rotatable bonds is 8. The van der Waals surface area contributed by atoms with Gasteiger partial charge in [0.05, 0.1) is 5.71 Å². The third-order valence-corrected chi connectivity index (χ3v) is 4.82. The minimum atomic E-state index is -3.99. The number of ether oxygens (including phenoxy) is 1. The summed E-state index contributed by atoms with van der Waals surface area (Å²) in [6.45, 7) is 6.38. The molecule has 0 bridgehead atoms. The molecule has 3 N–H and O–H groups in total. The number of aliphatic hydroxyl groups excluding tert-OH is 1. The van der Waals surface area contributed by atoms with Crippen LogP contribution in [0.3, 0.4) is 0 Å². The largest absolute Gasteiger partial charge is 0.491 e. The predicted octanol–water partition coefficient (Wildman–Crippen LogP) is 1.43. The topological polar surface area (TPSA) is 105 Å². The van der Waals surface area contributed by atoms with Crippen molar-refractivity contribution in [2.45, 2.75) is 44.9 Å². The third-order valence-electron chi connectivity index (χ3n) is 4.29. The number of aliphatic hydroxyl groups is 1. The van der Waals surface area contributed by atoms with E-state index in [2.05, 4.69) is 23.1 Å². The average Bonchev–Trinajstić information content (AvgIpc) is 2.59. The first kappa shape index (κ1) is 20.4. The van der Waals surface area contributed by atoms with Gasteiger partial charge >= 0.3 is 10.2 Å². The lowest BCUT2D eigenvalue weighted by atomic mass is 10.0. The average molecular weight is 379 g/mol. The maximum absolute atomic E-state index is 11.2. The molecular formula is C18H25N3O4S. The minimum Gasteiger partial charge on any atom is -0.491 e. The number of hydrogen-bond acceptors (Lipinski definition) is 5. The van der Waals surface area contributed by atoms with Crippen LogP contribution >= 0.6 is 0 Å². The summed E-state index contributed by atoms with van der Waals surface area (Å²) in [5, 5.41) is 15.3. The lowest BCUT2D eigenvalue weighted by molar-refractivity contribution is -0.0493. The van der Waals surface area contributed by atoms with Gasteiger partial charge in [0.2, 0.25) is 0 Å². The van der Waals surface area contributed by atoms with E-state index in [1.807, 2.05) is 4.90 Å². The van der Waals surface area contributed by atoms with E-state index in [-0.39, 0.29) is 11.8 Å². The Bertz CT molecular complexity index is 749. The van der Waals surface area contributed by atoms with Crippen LogP contribution in [0, 0.1) is 12.1 Å². The summed E-state index contributed by atoms with van der Waals surface area (Å²) in [7, 11) is -3.99. The van der Waals surface area contributed by atoms with Crippen molar-refractivity contribution in [1.29, 1.82) is 0 Å². The third kappa shape index (κ3) is 5.81. The number of likely N-dealkylation sites (tertiary alicyclic amines) is 1. The molecular weight excluding hydrogens is 354 g/mol. The van der Waals surface area contributed by atoms with Crippen molar-refractivity contribution >= 4 is 15.9 Å². The zero-order chi connectivity index (χ0) is 19.2. The Morgan fingerprint density at radius 3 is 2.96 bits per heavy atom. The smallest absolute Gasteiger partial charge is 0.317 e. The maximum atomic E-state index is 11.2. The summed E-state index contributed by atoms with van der Waals surface area (Å²) in [5.74, 6) is 0.456. The molecule has 0 amide bonds. The molecule has 1 heterocycles. The molecule has 8 heteroatoms. The summed E-state index contributed by atoms with van der Waals surface area (Å²) >= 11 is 0. The van der Waals surface area contributed by atoms with Gasteiger partial charge in [0.15, 0.2) is 0 Å². The van der Waals surface area contributed by atoms with E-state index in [4.69, 9.17) is 9.88 Å². The van der Waals surface area contributed by atoms with Gasteiger partial charge in [-0.05, 0) is 19.8 Å². The lowest BCUT2D eigenvalue weighted by Crippen LogP contribution is -2.48. The van der Waals surface area contributed by atoms with Crippen molar-refractivity contribution in [2.24, 2.45) is 9.54 Å². The van der Waals surface area contributed by atoms with Gasteiger partial charge in [-0.15, -0.1) is 6.58 Å². The summed E-state index contributed by atoms with van der Waals surface area (Å²) in [5.41, 5.74) is 0.715. The molecule has 2 atom stereocenters. The zero-order valence-corrected chi connectivity index (χ0v) is 15.7. The molecule has 1 saturated heterocycles. The SMILES string of the molecule is C=CC[C@@H](O)N1CCCCC1COc1cc#ccc1/C(C)=N\S(N)(=O)=O. The maximum Gasteiger partial charge on any atom is 0.317 e. The Morgan fingerprint density at radius 1 is 1.54 bits per heavy atom. The summed E-state index contributed by atoms with van der Waals surface area (Å²) in [6, 6.07) is 8.78. The van der Waals surface area contributed by atoms with Crippen LogP contribution in [0.25, 0.3) is 0 Å². The molecule has 1 aromatic rings. The highest BCUT2D eigenvalue weighted by atomic mass is 32.2. The van der Waals surface area contributed by atoms with Crippen molar-refractivity contribution in [3.05, 3.63) is 42.5 Å². The van der Waals surface area contributed by atoms with Crippen molar-refractivity contribution in [3.63, 3.8) is 0 Å². The van der Waals surface area contributed by atoms with Gasteiger partial charge in [-0.25, -0.2) is 5.14 Å². The van der Waals surface area contributed by atoms with E-state index in [0.29, 0.717) is 24.3 Å². The first-order chi connectivity index (χ1) is 12.3. The molecule has 0 aromatic heterocycles. The monoisotopic (exact) mass is 379 g/mol. The highest BCUT2D eigenvalue weighted by Gasteiger charge is 2.27. The Labute approximate surface area is 155 Å². The van der Waals surface area contributed by atoms with Gasteiger partial charge < -0.3 is 9.84 Å². The fraction of sp³-hybridized carbons (Fsp3) is 0.500. The van der Waals surface area contributed by atoms with Crippen LogP contribution < -0.4 is 9.88 Å². The van der Waals surface area contributed by atoms with E-state index in [0.717, 1.165) is 25.8 Å². The first-order valence-corrected chi connectivity index (χ1v) is 10.0. The second-order valence-corrected chi connectivity index (χ2v) is 7.46. The lowest BCUT2D eigenvalue weighted by Gasteiger charge is -2.38. The summed E-state index contributed by atoms with van der Waals surface area (Å²) in [6.07, 6.45) is 4.63. The van der Waals surface area contributed by atoms with Crippen LogP contribution in [0.1, 0.15) is 38.2 Å². The molecule has 0 spiro atoms. The van der Waals surface area contributed by atoms with Crippen LogP contribution in [0.15, 0.2) is 29.2 Å². The molecule has 1 aliphatic heterocycles. The van der Waals surface area contributed by atoms with Crippen LogP contribution in [-0.4, -0.2) is 49.6 Å². The van der Waals surface area contributed by atoms with Crippen LogP contribution in [0.5, 0.6) is 5.75 Å². The van der Waals surface area contributed by atoms with Crippen molar-refractivity contribution in [3.8, 4) is 5.75 Å². The molecule has 1 aromatic carbocycles. The van der Waals surface area contributed by atoms with Gasteiger partial charge in [-0.1, -0.05) is 24.6 Å². The molecule has 1 unspecified atom stereocenters. The van der Waals surface area contributed by atoms with E-state index < -0.39 is 16.4 Å². The summed E-state index contributed by atoms with van der Waals surface area (Å²) in [4.78, 5) is 2.02. The number of nitrogens with two attached hydrogens (primary N) is 1. The van der Waals surface area contributed by atoms with Gasteiger partial charge in [0.25, 0.3) is 0 Å². The van der Waals surface area contributed by atoms with Gasteiger partial charge in [0, 0.05) is 36.7 Å². The van der Waals surface area contributed by atoms with Crippen molar-refractivity contribution < 1.29 is 18.3 Å². The fourth-order valence-electron chi connectivity index (χ4n) is 3.08. The fourth-order valence-corrected chi connectivity index (χ4v) is 3.56. The molecule has 0 aliphatic carbocycles. The van der Waals surface area contributed by atoms with Crippen LogP contribution in [0.2, 0.25) is 0 Å². The molecule has 26 heavy (non-hydrogen) atoms. The van der Waals surface area contributed by atoms with E-state index in [1.165, 1.54) is 0 Å². The second kappa shape index (κ2) is 9.14. The highest BCUT2D eigenvalue weighted by molar-refractivity contribution is 7.88. The molecule has 1 aliphatic rings. The minimum absolute atomic E-state index is 0.0613. The van der Waals surface area contributed by atoms with E-state index in [1.54, 1.807) is 25.1 Å². The van der Waals surface area contributed by atoms with E-state index >= 15 is 0 Å². The molecule has 7 nitrogen and oxygen atoms in total. The number of hydrogen-bond donors (Lipinski definition) is 2. The molecule has 142 valence electrons. The summed E-state index contributed by atoms with van der Waals surface area (Å²) < 4.78 is 31.8. The van der Waals surface area contributed by atoms with Gasteiger partial charge in [-0.3, -0.25) is 4.90 Å². The second-order valence-electron chi connectivity index (χ2n) is 6.25. The Hall–Kier alpha value is -1.92. The van der Waals surface area contributed by atoms with Gasteiger partial charge in [0.1, 0.15) is 18.6 Å². The first-order valence-electron chi connectivity index (χ1n) is 8.50. The molecule has 1 fully saturated rings. The molecule has 0 saturated carbocycles. The standard InChI is InChI=1S/C18H25N3O4S/c1-3-8-18(22)21-12-7-6-9-15(21)13-25-17-11-5-4-10-16(17)14(2)20-26(19,23)24/h3,10-11,15,18,22H,1,6-9,12-13H2,2H3,(H2,19,23,24)/b20-14-/t15?,18-/m1/s1. The van der Waals surface area contributed by atoms with E-state index in [9.17, 15) is 13.5 Å². The van der Waals surface area contributed by atoms with Crippen LogP contribution in [-0.2, 0) is 10.2 Å². The van der Waals surface area contributed by atoms with Crippen molar-refractivity contribution in [2.75, 3.05) is 13.2 Å². The molecule has 0 radical (unpaired) electrons. The quantitative estimate of drug-likeness (QED) is 0.525. The highest BCUT2D eigenvalue weighted by Crippen LogP contribution is 2.23. The predicted molar refractivity (Wildman–Crippen MR) is 100 cm³/mol. The Morgan fingerprint density at radius 2 is 2.27 bits per heavy atom. The zero-order valence-electron chi connectivity index (χ0n) is 14.9. The Kier molecular flexibility index (Phi) is 7.17.